The summed E-state index contributed by atoms with van der Waals surface area (Å²) < 4.78 is 0. The molecule has 0 aromatic heterocycles. The van der Waals surface area contributed by atoms with Gasteiger partial charge >= 0.3 is 0 Å². The summed E-state index contributed by atoms with van der Waals surface area (Å²) in [6.45, 7) is 6.38. The highest BCUT2D eigenvalue weighted by Gasteiger charge is 2.24. The summed E-state index contributed by atoms with van der Waals surface area (Å²) in [5.74, 6) is -0.273. The first kappa shape index (κ1) is 22.9. The number of nitrogens with one attached hydrogen (secondary N) is 3. The highest BCUT2D eigenvalue weighted by Crippen LogP contribution is 2.16. The Kier molecular flexibility index (Phi) is 9.26. The third-order valence-electron chi connectivity index (χ3n) is 4.52. The van der Waals surface area contributed by atoms with Crippen molar-refractivity contribution in [2.24, 2.45) is 5.92 Å². The first-order chi connectivity index (χ1) is 12.4. The molecule has 2 unspecified atom stereocenters. The monoisotopic (exact) mass is 391 g/mol. The van der Waals surface area contributed by atoms with E-state index in [0.717, 1.165) is 16.3 Å². The zero-order valence-electron chi connectivity index (χ0n) is 16.4. The van der Waals surface area contributed by atoms with Crippen LogP contribution in [0.1, 0.15) is 26.3 Å². The van der Waals surface area contributed by atoms with Gasteiger partial charge in [-0.2, -0.15) is 0 Å². The minimum absolute atomic E-state index is 0. The molecule has 2 atom stereocenters. The number of halogens is 1. The molecule has 2 amide bonds. The van der Waals surface area contributed by atoms with Crippen molar-refractivity contribution >= 4 is 35.0 Å². The number of carbonyl (C=O) groups is 2. The van der Waals surface area contributed by atoms with Crippen LogP contribution in [0.25, 0.3) is 10.8 Å². The van der Waals surface area contributed by atoms with Crippen LogP contribution < -0.4 is 16.0 Å². The SMILES string of the molecule is CNC(C)CNC(=O)C(NC(=O)Cc1ccc2ccccc2c1)C(C)C.Cl. The molecule has 0 aliphatic rings. The van der Waals surface area contributed by atoms with Gasteiger partial charge in [0, 0.05) is 12.6 Å². The molecule has 0 heterocycles. The number of hydrogen-bond donors (Lipinski definition) is 3. The summed E-state index contributed by atoms with van der Waals surface area (Å²) in [7, 11) is 1.85. The van der Waals surface area contributed by atoms with Gasteiger partial charge in [0.1, 0.15) is 6.04 Å². The van der Waals surface area contributed by atoms with E-state index in [2.05, 4.69) is 16.0 Å². The average Bonchev–Trinajstić information content (AvgIpc) is 2.63. The Hall–Kier alpha value is -2.11. The maximum absolute atomic E-state index is 12.5. The molecule has 0 saturated heterocycles. The van der Waals surface area contributed by atoms with Gasteiger partial charge in [-0.1, -0.05) is 56.3 Å². The lowest BCUT2D eigenvalue weighted by Gasteiger charge is -2.23. The highest BCUT2D eigenvalue weighted by molar-refractivity contribution is 5.89. The molecule has 0 aliphatic carbocycles. The smallest absolute Gasteiger partial charge is 0.242 e. The zero-order chi connectivity index (χ0) is 19.1. The summed E-state index contributed by atoms with van der Waals surface area (Å²) in [6.07, 6.45) is 0.258. The maximum Gasteiger partial charge on any atom is 0.242 e. The normalized spacial score (nSPS) is 12.9. The zero-order valence-corrected chi connectivity index (χ0v) is 17.2. The van der Waals surface area contributed by atoms with Crippen LogP contribution in [0.2, 0.25) is 0 Å². The summed E-state index contributed by atoms with van der Waals surface area (Å²) in [4.78, 5) is 24.9. The summed E-state index contributed by atoms with van der Waals surface area (Å²) in [5, 5.41) is 11.1. The lowest BCUT2D eigenvalue weighted by Crippen LogP contribution is -2.51. The molecule has 3 N–H and O–H groups in total. The topological polar surface area (TPSA) is 70.2 Å². The highest BCUT2D eigenvalue weighted by atomic mass is 35.5. The number of hydrogen-bond acceptors (Lipinski definition) is 3. The predicted molar refractivity (Wildman–Crippen MR) is 113 cm³/mol. The minimum atomic E-state index is -0.535. The molecule has 2 rings (SSSR count). The van der Waals surface area contributed by atoms with E-state index in [1.807, 2.05) is 70.3 Å². The van der Waals surface area contributed by atoms with E-state index in [1.165, 1.54) is 0 Å². The standard InChI is InChI=1S/C21H29N3O2.ClH/c1-14(2)20(21(26)23-13-15(3)22-4)24-19(25)12-16-9-10-17-7-5-6-8-18(17)11-16;/h5-11,14-15,20,22H,12-13H2,1-4H3,(H,23,26)(H,24,25);1H. The molecule has 0 saturated carbocycles. The second-order valence-corrected chi connectivity index (χ2v) is 7.08. The third kappa shape index (κ3) is 6.85. The molecule has 0 radical (unpaired) electrons. The molecule has 0 spiro atoms. The molecule has 0 aliphatic heterocycles. The van der Waals surface area contributed by atoms with E-state index in [0.29, 0.717) is 6.54 Å². The number of amides is 2. The molecule has 2 aromatic carbocycles. The fourth-order valence-electron chi connectivity index (χ4n) is 2.76. The molecule has 0 fully saturated rings. The Morgan fingerprint density at radius 3 is 2.30 bits per heavy atom. The second kappa shape index (κ2) is 10.9. The fourth-order valence-corrected chi connectivity index (χ4v) is 2.76. The van der Waals surface area contributed by atoms with Gasteiger partial charge in [-0.25, -0.2) is 0 Å². The number of rotatable bonds is 8. The quantitative estimate of drug-likeness (QED) is 0.648. The van der Waals surface area contributed by atoms with Gasteiger partial charge in [0.2, 0.25) is 11.8 Å². The van der Waals surface area contributed by atoms with Crippen LogP contribution in [-0.2, 0) is 16.0 Å². The van der Waals surface area contributed by atoms with Gasteiger partial charge in [-0.3, -0.25) is 9.59 Å². The van der Waals surface area contributed by atoms with Gasteiger partial charge in [0.25, 0.3) is 0 Å². The van der Waals surface area contributed by atoms with Crippen LogP contribution >= 0.6 is 12.4 Å². The Bertz CT molecular complexity index is 764. The van der Waals surface area contributed by atoms with Crippen molar-refractivity contribution in [2.75, 3.05) is 13.6 Å². The predicted octanol–water partition coefficient (Wildman–Crippen LogP) is 2.67. The van der Waals surface area contributed by atoms with E-state index in [-0.39, 0.29) is 42.6 Å². The van der Waals surface area contributed by atoms with Gasteiger partial charge in [-0.15, -0.1) is 12.4 Å². The molecule has 5 nitrogen and oxygen atoms in total. The molecule has 0 bridgehead atoms. The van der Waals surface area contributed by atoms with Crippen molar-refractivity contribution in [1.29, 1.82) is 0 Å². The van der Waals surface area contributed by atoms with Crippen LogP contribution in [0.3, 0.4) is 0 Å². The third-order valence-corrected chi connectivity index (χ3v) is 4.52. The molecule has 148 valence electrons. The number of fused-ring (bicyclic) bond motifs is 1. The van der Waals surface area contributed by atoms with E-state index >= 15 is 0 Å². The molecule has 27 heavy (non-hydrogen) atoms. The van der Waals surface area contributed by atoms with E-state index < -0.39 is 6.04 Å². The molecular weight excluding hydrogens is 362 g/mol. The van der Waals surface area contributed by atoms with Gasteiger partial charge in [0.05, 0.1) is 6.42 Å². The maximum atomic E-state index is 12.5. The van der Waals surface area contributed by atoms with Crippen molar-refractivity contribution in [1.82, 2.24) is 16.0 Å². The van der Waals surface area contributed by atoms with E-state index in [9.17, 15) is 9.59 Å². The van der Waals surface area contributed by atoms with Crippen molar-refractivity contribution in [3.8, 4) is 0 Å². The van der Waals surface area contributed by atoms with Crippen molar-refractivity contribution in [3.05, 3.63) is 48.0 Å². The Morgan fingerprint density at radius 2 is 1.67 bits per heavy atom. The van der Waals surface area contributed by atoms with Crippen LogP contribution in [0.4, 0.5) is 0 Å². The van der Waals surface area contributed by atoms with Gasteiger partial charge < -0.3 is 16.0 Å². The van der Waals surface area contributed by atoms with Crippen molar-refractivity contribution in [3.63, 3.8) is 0 Å². The van der Waals surface area contributed by atoms with Crippen LogP contribution in [0, 0.1) is 5.92 Å². The average molecular weight is 392 g/mol. The van der Waals surface area contributed by atoms with Crippen LogP contribution in [-0.4, -0.2) is 37.5 Å². The van der Waals surface area contributed by atoms with E-state index in [1.54, 1.807) is 0 Å². The first-order valence-corrected chi connectivity index (χ1v) is 9.12. The van der Waals surface area contributed by atoms with E-state index in [4.69, 9.17) is 0 Å². The Labute approximate surface area is 167 Å². The van der Waals surface area contributed by atoms with Gasteiger partial charge in [-0.05, 0) is 36.2 Å². The fraction of sp³-hybridized carbons (Fsp3) is 0.429. The molecule has 2 aromatic rings. The number of likely N-dealkylation sites (N-methyl/N-ethyl adjacent to an activating group) is 1. The summed E-state index contributed by atoms with van der Waals surface area (Å²) in [5.41, 5.74) is 0.938. The minimum Gasteiger partial charge on any atom is -0.353 e. The van der Waals surface area contributed by atoms with Gasteiger partial charge in [0.15, 0.2) is 0 Å². The lowest BCUT2D eigenvalue weighted by molar-refractivity contribution is -0.129. The number of carbonyl (C=O) groups excluding carboxylic acids is 2. The molecule has 6 heteroatoms. The summed E-state index contributed by atoms with van der Waals surface area (Å²) in [6, 6.07) is 13.7. The van der Waals surface area contributed by atoms with Crippen LogP contribution in [0.15, 0.2) is 42.5 Å². The van der Waals surface area contributed by atoms with Crippen molar-refractivity contribution < 1.29 is 9.59 Å². The largest absolute Gasteiger partial charge is 0.353 e. The van der Waals surface area contributed by atoms with Crippen molar-refractivity contribution in [2.45, 2.75) is 39.3 Å². The Balaban J connectivity index is 0.00000364. The Morgan fingerprint density at radius 1 is 1.00 bits per heavy atom. The first-order valence-electron chi connectivity index (χ1n) is 9.12. The molecular formula is C21H30ClN3O2. The van der Waals surface area contributed by atoms with Crippen LogP contribution in [0.5, 0.6) is 0 Å². The summed E-state index contributed by atoms with van der Waals surface area (Å²) >= 11 is 0. The number of benzene rings is 2. The second-order valence-electron chi connectivity index (χ2n) is 7.08. The lowest BCUT2D eigenvalue weighted by atomic mass is 10.0.